The molecule has 0 unspecified atom stereocenters. The first kappa shape index (κ1) is 13.6. The van der Waals surface area contributed by atoms with Crippen LogP contribution in [0.3, 0.4) is 0 Å². The number of nitrogens with zero attached hydrogens (tertiary/aromatic N) is 1. The summed E-state index contributed by atoms with van der Waals surface area (Å²) < 4.78 is 5.86. The van der Waals surface area contributed by atoms with Gasteiger partial charge in [-0.3, -0.25) is 4.98 Å². The molecule has 2 atom stereocenters. The molecule has 0 aliphatic carbocycles. The molecule has 1 aliphatic heterocycles. The maximum absolute atomic E-state index is 5.93. The zero-order valence-corrected chi connectivity index (χ0v) is 11.9. The van der Waals surface area contributed by atoms with Crippen LogP contribution < -0.4 is 5.32 Å². The molecule has 0 bridgehead atoms. The smallest absolute Gasteiger partial charge is 0.0978 e. The second-order valence-corrected chi connectivity index (χ2v) is 5.41. The Morgan fingerprint density at radius 2 is 1.90 bits per heavy atom. The molecule has 0 radical (unpaired) electrons. The number of nitrogens with one attached hydrogen (secondary N) is 1. The Morgan fingerprint density at radius 3 is 2.65 bits per heavy atom. The van der Waals surface area contributed by atoms with Crippen LogP contribution in [0.15, 0.2) is 48.8 Å². The average Bonchev–Trinajstić information content (AvgIpc) is 2.95. The Kier molecular flexibility index (Phi) is 4.31. The summed E-state index contributed by atoms with van der Waals surface area (Å²) >= 11 is 5.93. The van der Waals surface area contributed by atoms with Crippen molar-refractivity contribution in [3.05, 3.63) is 64.9 Å². The molecule has 0 saturated carbocycles. The van der Waals surface area contributed by atoms with Gasteiger partial charge in [0.05, 0.1) is 6.10 Å². The van der Waals surface area contributed by atoms with E-state index in [1.807, 2.05) is 48.8 Å². The summed E-state index contributed by atoms with van der Waals surface area (Å²) in [6.45, 7) is 1.63. The van der Waals surface area contributed by atoms with Crippen molar-refractivity contribution in [3.63, 3.8) is 0 Å². The van der Waals surface area contributed by atoms with E-state index in [1.54, 1.807) is 0 Å². The Labute approximate surface area is 123 Å². The molecule has 0 spiro atoms. The Balaban J connectivity index is 1.65. The Hall–Kier alpha value is -1.42. The molecule has 2 heterocycles. The van der Waals surface area contributed by atoms with E-state index in [0.29, 0.717) is 6.04 Å². The van der Waals surface area contributed by atoms with Gasteiger partial charge < -0.3 is 10.1 Å². The molecule has 0 amide bonds. The van der Waals surface area contributed by atoms with Crippen LogP contribution in [0.25, 0.3) is 0 Å². The van der Waals surface area contributed by atoms with E-state index in [2.05, 4.69) is 10.3 Å². The third-order valence-corrected chi connectivity index (χ3v) is 3.86. The number of halogens is 1. The zero-order valence-electron chi connectivity index (χ0n) is 11.1. The predicted octanol–water partition coefficient (Wildman–Crippen LogP) is 3.35. The molecule has 1 aromatic carbocycles. The van der Waals surface area contributed by atoms with Crippen molar-refractivity contribution in [1.82, 2.24) is 10.3 Å². The first-order chi connectivity index (χ1) is 9.83. The van der Waals surface area contributed by atoms with Gasteiger partial charge in [-0.1, -0.05) is 23.7 Å². The van der Waals surface area contributed by atoms with Crippen molar-refractivity contribution in [2.45, 2.75) is 25.1 Å². The monoisotopic (exact) mass is 288 g/mol. The summed E-state index contributed by atoms with van der Waals surface area (Å²) in [5, 5.41) is 4.33. The van der Waals surface area contributed by atoms with Gasteiger partial charge in [0, 0.05) is 36.6 Å². The van der Waals surface area contributed by atoms with Crippen LogP contribution in [0, 0.1) is 0 Å². The van der Waals surface area contributed by atoms with Crippen molar-refractivity contribution in [3.8, 4) is 0 Å². The molecule has 1 fully saturated rings. The first-order valence-electron chi connectivity index (χ1n) is 6.82. The first-order valence-corrected chi connectivity index (χ1v) is 7.20. The van der Waals surface area contributed by atoms with Crippen LogP contribution in [-0.4, -0.2) is 17.6 Å². The van der Waals surface area contributed by atoms with Crippen molar-refractivity contribution < 1.29 is 4.74 Å². The molecule has 1 saturated heterocycles. The van der Waals surface area contributed by atoms with Crippen molar-refractivity contribution in [2.24, 2.45) is 0 Å². The number of rotatable bonds is 4. The summed E-state index contributed by atoms with van der Waals surface area (Å²) in [6.07, 6.45) is 4.77. The fourth-order valence-electron chi connectivity index (χ4n) is 2.53. The minimum absolute atomic E-state index is 0.106. The minimum atomic E-state index is 0.106. The summed E-state index contributed by atoms with van der Waals surface area (Å²) in [5.41, 5.74) is 2.42. The molecule has 1 aliphatic rings. The van der Waals surface area contributed by atoms with Crippen LogP contribution in [0.2, 0.25) is 5.02 Å². The van der Waals surface area contributed by atoms with Crippen LogP contribution in [0.1, 0.15) is 23.7 Å². The van der Waals surface area contributed by atoms with Gasteiger partial charge in [-0.2, -0.15) is 0 Å². The van der Waals surface area contributed by atoms with E-state index in [0.717, 1.165) is 24.6 Å². The van der Waals surface area contributed by atoms with E-state index < -0.39 is 0 Å². The predicted molar refractivity (Wildman–Crippen MR) is 79.6 cm³/mol. The maximum atomic E-state index is 5.93. The number of hydrogen-bond donors (Lipinski definition) is 1. The fourth-order valence-corrected chi connectivity index (χ4v) is 2.66. The van der Waals surface area contributed by atoms with Crippen molar-refractivity contribution in [1.29, 1.82) is 0 Å². The SMILES string of the molecule is Clc1ccc([C@H]2OCC[C@H]2NCc2ccncc2)cc1. The number of hydrogen-bond acceptors (Lipinski definition) is 3. The van der Waals surface area contributed by atoms with Gasteiger partial charge >= 0.3 is 0 Å². The highest BCUT2D eigenvalue weighted by Gasteiger charge is 2.29. The number of benzene rings is 1. The molecule has 3 rings (SSSR count). The lowest BCUT2D eigenvalue weighted by atomic mass is 10.0. The van der Waals surface area contributed by atoms with Gasteiger partial charge in [-0.25, -0.2) is 0 Å². The maximum Gasteiger partial charge on any atom is 0.0978 e. The normalized spacial score (nSPS) is 22.1. The quantitative estimate of drug-likeness (QED) is 0.937. The molecule has 3 nitrogen and oxygen atoms in total. The van der Waals surface area contributed by atoms with Crippen LogP contribution in [0.4, 0.5) is 0 Å². The highest BCUT2D eigenvalue weighted by atomic mass is 35.5. The fraction of sp³-hybridized carbons (Fsp3) is 0.312. The van der Waals surface area contributed by atoms with Gasteiger partial charge in [0.2, 0.25) is 0 Å². The van der Waals surface area contributed by atoms with Crippen LogP contribution in [-0.2, 0) is 11.3 Å². The molecule has 1 N–H and O–H groups in total. The zero-order chi connectivity index (χ0) is 13.8. The second-order valence-electron chi connectivity index (χ2n) is 4.97. The van der Waals surface area contributed by atoms with Crippen LogP contribution in [0.5, 0.6) is 0 Å². The lowest BCUT2D eigenvalue weighted by Crippen LogP contribution is -2.31. The summed E-state index contributed by atoms with van der Waals surface area (Å²) in [6, 6.07) is 12.3. The molecule has 1 aromatic heterocycles. The topological polar surface area (TPSA) is 34.1 Å². The number of ether oxygens (including phenoxy) is 1. The van der Waals surface area contributed by atoms with E-state index in [4.69, 9.17) is 16.3 Å². The highest BCUT2D eigenvalue weighted by Crippen LogP contribution is 2.30. The highest BCUT2D eigenvalue weighted by molar-refractivity contribution is 6.30. The lowest BCUT2D eigenvalue weighted by molar-refractivity contribution is 0.0985. The number of aromatic nitrogens is 1. The molecule has 104 valence electrons. The van der Waals surface area contributed by atoms with Crippen LogP contribution >= 0.6 is 11.6 Å². The van der Waals surface area contributed by atoms with E-state index in [1.165, 1.54) is 11.1 Å². The van der Waals surface area contributed by atoms with Gasteiger partial charge in [0.1, 0.15) is 0 Å². The second kappa shape index (κ2) is 6.35. The van der Waals surface area contributed by atoms with Crippen molar-refractivity contribution in [2.75, 3.05) is 6.61 Å². The Morgan fingerprint density at radius 1 is 1.15 bits per heavy atom. The standard InChI is InChI=1S/C16H17ClN2O/c17-14-3-1-13(2-4-14)16-15(7-10-20-16)19-11-12-5-8-18-9-6-12/h1-6,8-9,15-16,19H,7,10-11H2/t15-,16-/m1/s1. The van der Waals surface area contributed by atoms with Gasteiger partial charge in [0.15, 0.2) is 0 Å². The molecular formula is C16H17ClN2O. The summed E-state index contributed by atoms with van der Waals surface area (Å²) in [5.74, 6) is 0. The Bertz CT molecular complexity index is 544. The largest absolute Gasteiger partial charge is 0.372 e. The molecular weight excluding hydrogens is 272 g/mol. The lowest BCUT2D eigenvalue weighted by Gasteiger charge is -2.20. The third kappa shape index (κ3) is 3.18. The molecule has 20 heavy (non-hydrogen) atoms. The van der Waals surface area contributed by atoms with Crippen molar-refractivity contribution >= 4 is 11.6 Å². The third-order valence-electron chi connectivity index (χ3n) is 3.61. The van der Waals surface area contributed by atoms with Gasteiger partial charge in [0.25, 0.3) is 0 Å². The van der Waals surface area contributed by atoms with E-state index in [9.17, 15) is 0 Å². The van der Waals surface area contributed by atoms with E-state index in [-0.39, 0.29) is 6.10 Å². The summed E-state index contributed by atoms with van der Waals surface area (Å²) in [4.78, 5) is 4.03. The average molecular weight is 289 g/mol. The minimum Gasteiger partial charge on any atom is -0.372 e. The number of pyridine rings is 1. The molecule has 4 heteroatoms. The summed E-state index contributed by atoms with van der Waals surface area (Å²) in [7, 11) is 0. The van der Waals surface area contributed by atoms with Gasteiger partial charge in [-0.15, -0.1) is 0 Å². The van der Waals surface area contributed by atoms with E-state index >= 15 is 0 Å². The molecule has 2 aromatic rings. The van der Waals surface area contributed by atoms with Gasteiger partial charge in [-0.05, 0) is 41.8 Å².